The lowest BCUT2D eigenvalue weighted by Crippen LogP contribution is -2.43. The number of amides is 1. The van der Waals surface area contributed by atoms with Gasteiger partial charge >= 0.3 is 5.97 Å². The molecule has 0 fully saturated rings. The van der Waals surface area contributed by atoms with Crippen LogP contribution in [0.1, 0.15) is 55.3 Å². The second kappa shape index (κ2) is 5.91. The van der Waals surface area contributed by atoms with E-state index in [0.717, 1.165) is 12.8 Å². The highest BCUT2D eigenvalue weighted by atomic mass is 16.4. The first-order valence-electron chi connectivity index (χ1n) is 6.38. The number of nitrogens with one attached hydrogen (secondary N) is 1. The third-order valence-electron chi connectivity index (χ3n) is 2.92. The lowest BCUT2D eigenvalue weighted by atomic mass is 9.97. The van der Waals surface area contributed by atoms with Crippen LogP contribution in [0.5, 0.6) is 0 Å². The molecule has 1 amide bonds. The van der Waals surface area contributed by atoms with Crippen molar-refractivity contribution in [2.75, 3.05) is 0 Å². The molecule has 5 heteroatoms. The monoisotopic (exact) mass is 267 g/mol. The second-order valence-corrected chi connectivity index (χ2v) is 5.38. The largest absolute Gasteiger partial charge is 0.481 e. The third-order valence-corrected chi connectivity index (χ3v) is 2.92. The van der Waals surface area contributed by atoms with E-state index in [1.807, 2.05) is 20.8 Å². The number of carboxylic acid groups (broad SMARTS) is 1. The molecule has 1 heterocycles. The molecule has 0 unspecified atom stereocenters. The summed E-state index contributed by atoms with van der Waals surface area (Å²) in [6, 6.07) is 0. The lowest BCUT2D eigenvalue weighted by Gasteiger charge is -2.25. The molecule has 1 aromatic rings. The summed E-state index contributed by atoms with van der Waals surface area (Å²) in [5.41, 5.74) is 0.670. The Hall–Kier alpha value is -1.78. The molecule has 5 nitrogen and oxygen atoms in total. The van der Waals surface area contributed by atoms with Gasteiger partial charge in [0.2, 0.25) is 0 Å². The first-order valence-corrected chi connectivity index (χ1v) is 6.38. The molecule has 0 bridgehead atoms. The number of hydrogen-bond acceptors (Lipinski definition) is 3. The number of carbonyl (C=O) groups is 2. The van der Waals surface area contributed by atoms with Crippen molar-refractivity contribution in [1.82, 2.24) is 5.32 Å². The van der Waals surface area contributed by atoms with Crippen molar-refractivity contribution < 1.29 is 19.1 Å². The van der Waals surface area contributed by atoms with Crippen molar-refractivity contribution in [1.29, 1.82) is 0 Å². The highest BCUT2D eigenvalue weighted by Gasteiger charge is 2.25. The summed E-state index contributed by atoms with van der Waals surface area (Å²) in [6.07, 6.45) is 2.94. The Morgan fingerprint density at radius 1 is 1.42 bits per heavy atom. The van der Waals surface area contributed by atoms with Gasteiger partial charge in [0.1, 0.15) is 12.2 Å². The van der Waals surface area contributed by atoms with Gasteiger partial charge in [-0.1, -0.05) is 13.3 Å². The summed E-state index contributed by atoms with van der Waals surface area (Å²) in [7, 11) is 0. The summed E-state index contributed by atoms with van der Waals surface area (Å²) in [5, 5.41) is 11.7. The number of hydrogen-bond donors (Lipinski definition) is 2. The van der Waals surface area contributed by atoms with E-state index in [0.29, 0.717) is 11.1 Å². The van der Waals surface area contributed by atoms with Crippen LogP contribution in [0.2, 0.25) is 0 Å². The van der Waals surface area contributed by atoms with E-state index in [4.69, 9.17) is 9.52 Å². The molecular weight excluding hydrogens is 246 g/mol. The van der Waals surface area contributed by atoms with Crippen LogP contribution in [0, 0.1) is 6.92 Å². The van der Waals surface area contributed by atoms with Crippen LogP contribution >= 0.6 is 0 Å². The minimum absolute atomic E-state index is 0.204. The van der Waals surface area contributed by atoms with Gasteiger partial charge in [0.05, 0.1) is 11.8 Å². The van der Waals surface area contributed by atoms with E-state index >= 15 is 0 Å². The number of aliphatic carboxylic acids is 1. The zero-order valence-corrected chi connectivity index (χ0v) is 11.9. The van der Waals surface area contributed by atoms with Crippen LogP contribution in [0.3, 0.4) is 0 Å². The Morgan fingerprint density at radius 2 is 2.05 bits per heavy atom. The van der Waals surface area contributed by atoms with Crippen LogP contribution in [-0.2, 0) is 11.2 Å². The van der Waals surface area contributed by atoms with Crippen molar-refractivity contribution in [2.45, 2.75) is 52.5 Å². The highest BCUT2D eigenvalue weighted by molar-refractivity contribution is 5.97. The maximum absolute atomic E-state index is 12.3. The molecule has 0 spiro atoms. The SMILES string of the molecule is CCCC(C)(C)NC(=O)c1c(C)coc1CC(=O)O. The van der Waals surface area contributed by atoms with Gasteiger partial charge in [-0.3, -0.25) is 9.59 Å². The molecule has 0 saturated carbocycles. The molecule has 106 valence electrons. The summed E-state index contributed by atoms with van der Waals surface area (Å²) >= 11 is 0. The molecule has 0 radical (unpaired) electrons. The van der Waals surface area contributed by atoms with Crippen LogP contribution in [0.4, 0.5) is 0 Å². The molecule has 0 aliphatic heterocycles. The van der Waals surface area contributed by atoms with Gasteiger partial charge in [-0.15, -0.1) is 0 Å². The number of furan rings is 1. The number of aryl methyl sites for hydroxylation is 1. The van der Waals surface area contributed by atoms with E-state index in [9.17, 15) is 9.59 Å². The quantitative estimate of drug-likeness (QED) is 0.830. The number of carboxylic acids is 1. The molecule has 19 heavy (non-hydrogen) atoms. The second-order valence-electron chi connectivity index (χ2n) is 5.38. The molecular formula is C14H21NO4. The minimum atomic E-state index is -1.02. The Kier molecular flexibility index (Phi) is 4.75. The molecule has 0 aliphatic rings. The van der Waals surface area contributed by atoms with Crippen molar-refractivity contribution in [3.63, 3.8) is 0 Å². The van der Waals surface area contributed by atoms with Crippen molar-refractivity contribution in [3.05, 3.63) is 23.2 Å². The van der Waals surface area contributed by atoms with Crippen LogP contribution < -0.4 is 5.32 Å². The van der Waals surface area contributed by atoms with E-state index in [-0.39, 0.29) is 23.6 Å². The molecule has 0 aliphatic carbocycles. The van der Waals surface area contributed by atoms with Crippen LogP contribution in [0.15, 0.2) is 10.7 Å². The standard InChI is InChI=1S/C14H21NO4/c1-5-6-14(3,4)15-13(18)12-9(2)8-19-10(12)7-11(16)17/h8H,5-7H2,1-4H3,(H,15,18)(H,16,17). The first-order chi connectivity index (χ1) is 8.76. The van der Waals surface area contributed by atoms with E-state index in [2.05, 4.69) is 5.32 Å². The minimum Gasteiger partial charge on any atom is -0.481 e. The normalized spacial score (nSPS) is 11.4. The Balaban J connectivity index is 2.93. The van der Waals surface area contributed by atoms with Crippen molar-refractivity contribution in [3.8, 4) is 0 Å². The van der Waals surface area contributed by atoms with Gasteiger partial charge in [-0.25, -0.2) is 0 Å². The Bertz CT molecular complexity index is 474. The topological polar surface area (TPSA) is 79.5 Å². The molecule has 1 rings (SSSR count). The molecule has 0 aromatic carbocycles. The van der Waals surface area contributed by atoms with Gasteiger partial charge in [0.15, 0.2) is 0 Å². The Labute approximate surface area is 113 Å². The summed E-state index contributed by atoms with van der Waals surface area (Å²) < 4.78 is 5.16. The van der Waals surface area contributed by atoms with Gasteiger partial charge < -0.3 is 14.8 Å². The smallest absolute Gasteiger partial charge is 0.311 e. The van der Waals surface area contributed by atoms with Gasteiger partial charge in [-0.2, -0.15) is 0 Å². The molecule has 0 atom stereocenters. The average Bonchev–Trinajstić information content (AvgIpc) is 2.57. The maximum atomic E-state index is 12.3. The molecule has 1 aromatic heterocycles. The van der Waals surface area contributed by atoms with E-state index in [1.54, 1.807) is 6.92 Å². The first kappa shape index (κ1) is 15.3. The maximum Gasteiger partial charge on any atom is 0.311 e. The van der Waals surface area contributed by atoms with Gasteiger partial charge in [0.25, 0.3) is 5.91 Å². The number of rotatable bonds is 6. The summed E-state index contributed by atoms with van der Waals surface area (Å²) in [4.78, 5) is 23.0. The fraction of sp³-hybridized carbons (Fsp3) is 0.571. The van der Waals surface area contributed by atoms with Crippen molar-refractivity contribution in [2.24, 2.45) is 0 Å². The van der Waals surface area contributed by atoms with Crippen LogP contribution in [0.25, 0.3) is 0 Å². The molecule has 2 N–H and O–H groups in total. The fourth-order valence-electron chi connectivity index (χ4n) is 2.13. The zero-order chi connectivity index (χ0) is 14.6. The van der Waals surface area contributed by atoms with E-state index < -0.39 is 5.97 Å². The van der Waals surface area contributed by atoms with Crippen LogP contribution in [-0.4, -0.2) is 22.5 Å². The van der Waals surface area contributed by atoms with Gasteiger partial charge in [0, 0.05) is 11.1 Å². The van der Waals surface area contributed by atoms with Gasteiger partial charge in [-0.05, 0) is 27.2 Å². The predicted octanol–water partition coefficient (Wildman–Crippen LogP) is 2.52. The third kappa shape index (κ3) is 4.12. The fourth-order valence-corrected chi connectivity index (χ4v) is 2.13. The zero-order valence-electron chi connectivity index (χ0n) is 11.9. The predicted molar refractivity (Wildman–Crippen MR) is 71.2 cm³/mol. The Morgan fingerprint density at radius 3 is 2.58 bits per heavy atom. The summed E-state index contributed by atoms with van der Waals surface area (Å²) in [5.74, 6) is -1.09. The van der Waals surface area contributed by atoms with Crippen molar-refractivity contribution >= 4 is 11.9 Å². The molecule has 0 saturated heterocycles. The average molecular weight is 267 g/mol. The van der Waals surface area contributed by atoms with E-state index in [1.165, 1.54) is 6.26 Å². The lowest BCUT2D eigenvalue weighted by molar-refractivity contribution is -0.136. The summed E-state index contributed by atoms with van der Waals surface area (Å²) in [6.45, 7) is 7.67. The highest BCUT2D eigenvalue weighted by Crippen LogP contribution is 2.19. The number of carbonyl (C=O) groups excluding carboxylic acids is 1.